The Hall–Kier alpha value is -4.21. The van der Waals surface area contributed by atoms with Crippen molar-refractivity contribution in [3.63, 3.8) is 0 Å². The van der Waals surface area contributed by atoms with Crippen LogP contribution in [0.5, 0.6) is 0 Å². The summed E-state index contributed by atoms with van der Waals surface area (Å²) in [5.41, 5.74) is 6.96. The summed E-state index contributed by atoms with van der Waals surface area (Å²) < 4.78 is 41.7. The van der Waals surface area contributed by atoms with Gasteiger partial charge in [0, 0.05) is 11.8 Å². The summed E-state index contributed by atoms with van der Waals surface area (Å²) in [7, 11) is 0. The fraction of sp³-hybridized carbons (Fsp3) is 0.0909. The number of hydrogen-bond acceptors (Lipinski definition) is 5. The number of benzene rings is 2. The van der Waals surface area contributed by atoms with E-state index in [1.54, 1.807) is 12.1 Å². The molecule has 0 radical (unpaired) electrons. The fourth-order valence-electron chi connectivity index (χ4n) is 3.32. The summed E-state index contributed by atoms with van der Waals surface area (Å²) in [6, 6.07) is 9.23. The van der Waals surface area contributed by atoms with Gasteiger partial charge in [0.25, 0.3) is 5.56 Å². The lowest BCUT2D eigenvalue weighted by Gasteiger charge is -2.14. The van der Waals surface area contributed by atoms with Crippen LogP contribution in [0.1, 0.15) is 12.6 Å². The molecule has 0 aliphatic carbocycles. The minimum atomic E-state index is -1.06. The molecule has 0 spiro atoms. The van der Waals surface area contributed by atoms with Gasteiger partial charge in [-0.2, -0.15) is 0 Å². The number of nitrogens with zero attached hydrogens (tertiary/aromatic N) is 4. The van der Waals surface area contributed by atoms with Crippen molar-refractivity contribution < 1.29 is 13.2 Å². The van der Waals surface area contributed by atoms with Crippen LogP contribution < -0.4 is 11.3 Å². The summed E-state index contributed by atoms with van der Waals surface area (Å²) in [4.78, 5) is 27.0. The molecule has 0 aliphatic rings. The number of rotatable bonds is 2. The van der Waals surface area contributed by atoms with E-state index in [0.29, 0.717) is 34.5 Å². The maximum Gasteiger partial charge on any atom is 0.266 e. The first-order valence-corrected chi connectivity index (χ1v) is 9.58. The molecule has 5 aromatic rings. The number of nitrogens with one attached hydrogen (secondary N) is 1. The highest BCUT2D eigenvalue weighted by Crippen LogP contribution is 2.20. The molecular weight excluding hydrogens is 421 g/mol. The highest BCUT2D eigenvalue weighted by Gasteiger charge is 2.14. The van der Waals surface area contributed by atoms with Gasteiger partial charge in [-0.05, 0) is 36.1 Å². The number of H-pyrrole nitrogens is 1. The largest absolute Gasteiger partial charge is 0.382 e. The Kier molecular flexibility index (Phi) is 5.59. The second-order valence-corrected chi connectivity index (χ2v) is 6.79. The van der Waals surface area contributed by atoms with Crippen LogP contribution in [0.4, 0.5) is 19.0 Å². The van der Waals surface area contributed by atoms with E-state index < -0.39 is 23.0 Å². The van der Waals surface area contributed by atoms with Crippen LogP contribution in [-0.4, -0.2) is 24.5 Å². The van der Waals surface area contributed by atoms with E-state index in [9.17, 15) is 18.0 Å². The number of imidazole rings is 1. The van der Waals surface area contributed by atoms with E-state index in [2.05, 4.69) is 19.9 Å². The van der Waals surface area contributed by atoms with E-state index in [0.717, 1.165) is 12.1 Å². The number of hydrogen-bond donors (Lipinski definition) is 2. The Bertz CT molecular complexity index is 1490. The van der Waals surface area contributed by atoms with Crippen LogP contribution in [0.15, 0.2) is 59.9 Å². The van der Waals surface area contributed by atoms with Crippen molar-refractivity contribution in [2.75, 3.05) is 5.73 Å². The first-order chi connectivity index (χ1) is 15.4. The van der Waals surface area contributed by atoms with E-state index in [1.165, 1.54) is 35.4 Å². The smallest absolute Gasteiger partial charge is 0.266 e. The Morgan fingerprint density at radius 1 is 1.00 bits per heavy atom. The van der Waals surface area contributed by atoms with Crippen molar-refractivity contribution in [3.05, 3.63) is 88.6 Å². The molecular formula is C22H17F3N6O. The average molecular weight is 438 g/mol. The fourth-order valence-corrected chi connectivity index (χ4v) is 3.32. The molecule has 0 atom stereocenters. The van der Waals surface area contributed by atoms with Crippen molar-refractivity contribution in [1.82, 2.24) is 24.5 Å². The Labute approximate surface area is 179 Å². The molecule has 0 aliphatic heterocycles. The Balaban J connectivity index is 0.000000203. The highest BCUT2D eigenvalue weighted by molar-refractivity contribution is 5.83. The maximum absolute atomic E-state index is 14.0. The molecule has 2 aromatic carbocycles. The molecule has 0 bridgehead atoms. The predicted octanol–water partition coefficient (Wildman–Crippen LogP) is 3.91. The van der Waals surface area contributed by atoms with E-state index in [4.69, 9.17) is 5.73 Å². The van der Waals surface area contributed by atoms with Gasteiger partial charge in [-0.1, -0.05) is 19.1 Å². The number of anilines is 1. The zero-order valence-corrected chi connectivity index (χ0v) is 16.8. The van der Waals surface area contributed by atoms with E-state index in [1.807, 2.05) is 6.92 Å². The molecule has 10 heteroatoms. The Morgan fingerprint density at radius 2 is 1.81 bits per heavy atom. The standard InChI is InChI=1S/C17H12F3NO.C5H5N5/c1-2-11-8-10-4-3-5-14(19)16(10)17(22)21(11)12-6-7-13(18)15(20)9-12;6-4-3-5(9-1-7-3)10-2-8-4/h3-9H,2H2,1H3;1-2H,(H3,6,7,8,9,10). The molecule has 0 saturated carbocycles. The lowest BCUT2D eigenvalue weighted by Crippen LogP contribution is -2.23. The summed E-state index contributed by atoms with van der Waals surface area (Å²) in [5, 5.41) is 0.421. The summed E-state index contributed by atoms with van der Waals surface area (Å²) in [6.45, 7) is 1.83. The molecule has 3 N–H and O–H groups in total. The predicted molar refractivity (Wildman–Crippen MR) is 115 cm³/mol. The van der Waals surface area contributed by atoms with Crippen molar-refractivity contribution in [3.8, 4) is 5.69 Å². The first-order valence-electron chi connectivity index (χ1n) is 9.58. The molecule has 5 rings (SSSR count). The van der Waals surface area contributed by atoms with Crippen molar-refractivity contribution in [2.45, 2.75) is 13.3 Å². The SMILES string of the molecule is CCc1cc2cccc(F)c2c(=O)n1-c1ccc(F)c(F)c1.Nc1ncnc2nc[nH]c12. The van der Waals surface area contributed by atoms with Gasteiger partial charge in [-0.15, -0.1) is 0 Å². The van der Waals surface area contributed by atoms with Crippen LogP contribution in [0.3, 0.4) is 0 Å². The van der Waals surface area contributed by atoms with Gasteiger partial charge >= 0.3 is 0 Å². The third-order valence-electron chi connectivity index (χ3n) is 4.85. The molecule has 162 valence electrons. The Morgan fingerprint density at radius 3 is 2.53 bits per heavy atom. The van der Waals surface area contributed by atoms with E-state index >= 15 is 0 Å². The lowest BCUT2D eigenvalue weighted by molar-refractivity contribution is 0.507. The number of halogens is 3. The van der Waals surface area contributed by atoms with Crippen LogP contribution in [-0.2, 0) is 6.42 Å². The molecule has 0 unspecified atom stereocenters. The zero-order valence-electron chi connectivity index (χ0n) is 16.8. The molecule has 0 fully saturated rings. The minimum Gasteiger partial charge on any atom is -0.382 e. The molecule has 7 nitrogen and oxygen atoms in total. The number of nitrogens with two attached hydrogens (primary N) is 1. The van der Waals surface area contributed by atoms with E-state index in [-0.39, 0.29) is 11.1 Å². The molecule has 3 aromatic heterocycles. The summed E-state index contributed by atoms with van der Waals surface area (Å²) in [6.07, 6.45) is 3.41. The van der Waals surface area contributed by atoms with Crippen LogP contribution in [0.25, 0.3) is 27.6 Å². The normalized spacial score (nSPS) is 10.9. The van der Waals surface area contributed by atoms with Gasteiger partial charge in [-0.25, -0.2) is 28.1 Å². The number of nitrogen functional groups attached to an aromatic ring is 1. The number of aromatic amines is 1. The number of fused-ring (bicyclic) bond motifs is 2. The number of pyridine rings is 1. The van der Waals surface area contributed by atoms with Gasteiger partial charge in [0.05, 0.1) is 17.4 Å². The maximum atomic E-state index is 14.0. The number of aryl methyl sites for hydroxylation is 1. The van der Waals surface area contributed by atoms with Crippen molar-refractivity contribution in [2.24, 2.45) is 0 Å². The van der Waals surface area contributed by atoms with Gasteiger partial charge < -0.3 is 10.7 Å². The quantitative estimate of drug-likeness (QED) is 0.435. The van der Waals surface area contributed by atoms with Crippen LogP contribution >= 0.6 is 0 Å². The summed E-state index contributed by atoms with van der Waals surface area (Å²) >= 11 is 0. The minimum absolute atomic E-state index is 0.0653. The second-order valence-electron chi connectivity index (χ2n) is 6.79. The monoisotopic (exact) mass is 438 g/mol. The van der Waals surface area contributed by atoms with Gasteiger partial charge in [-0.3, -0.25) is 9.36 Å². The van der Waals surface area contributed by atoms with Gasteiger partial charge in [0.2, 0.25) is 0 Å². The second kappa shape index (κ2) is 8.50. The zero-order chi connectivity index (χ0) is 22.8. The third kappa shape index (κ3) is 3.78. The molecule has 0 saturated heterocycles. The van der Waals surface area contributed by atoms with Crippen molar-refractivity contribution in [1.29, 1.82) is 0 Å². The average Bonchev–Trinajstić information content (AvgIpc) is 3.26. The van der Waals surface area contributed by atoms with Gasteiger partial charge in [0.15, 0.2) is 23.1 Å². The number of aromatic nitrogens is 5. The molecule has 3 heterocycles. The van der Waals surface area contributed by atoms with Crippen LogP contribution in [0, 0.1) is 17.5 Å². The third-order valence-corrected chi connectivity index (χ3v) is 4.85. The molecule has 32 heavy (non-hydrogen) atoms. The first kappa shape index (κ1) is 21.0. The highest BCUT2D eigenvalue weighted by atomic mass is 19.2. The van der Waals surface area contributed by atoms with Crippen molar-refractivity contribution >= 4 is 27.8 Å². The summed E-state index contributed by atoms with van der Waals surface area (Å²) in [5.74, 6) is -2.26. The molecule has 0 amide bonds. The van der Waals surface area contributed by atoms with Gasteiger partial charge in [0.1, 0.15) is 17.7 Å². The van der Waals surface area contributed by atoms with Crippen LogP contribution in [0.2, 0.25) is 0 Å². The lowest BCUT2D eigenvalue weighted by atomic mass is 10.1. The topological polar surface area (TPSA) is 102 Å².